The standard InChI is InChI=1S/C13H16N2OS/c1-10(16)15-8-3-2-5-11-6-4-7-12(9-11)13(14)17/h2,4-7,9H,3,8H2,1H3,(H2,14,17)(H,15,16). The highest BCUT2D eigenvalue weighted by Gasteiger charge is 1.95. The van der Waals surface area contributed by atoms with E-state index in [4.69, 9.17) is 18.0 Å². The largest absolute Gasteiger partial charge is 0.389 e. The van der Waals surface area contributed by atoms with E-state index in [9.17, 15) is 4.79 Å². The van der Waals surface area contributed by atoms with Gasteiger partial charge in [-0.15, -0.1) is 0 Å². The summed E-state index contributed by atoms with van der Waals surface area (Å²) in [6.45, 7) is 2.16. The smallest absolute Gasteiger partial charge is 0.216 e. The molecule has 0 aromatic heterocycles. The summed E-state index contributed by atoms with van der Waals surface area (Å²) >= 11 is 4.91. The number of nitrogens with two attached hydrogens (primary N) is 1. The van der Waals surface area contributed by atoms with Gasteiger partial charge in [-0.1, -0.05) is 42.6 Å². The molecule has 1 rings (SSSR count). The maximum Gasteiger partial charge on any atom is 0.216 e. The predicted molar refractivity (Wildman–Crippen MR) is 74.7 cm³/mol. The number of amides is 1. The molecule has 3 nitrogen and oxygen atoms in total. The lowest BCUT2D eigenvalue weighted by molar-refractivity contribution is -0.118. The van der Waals surface area contributed by atoms with E-state index in [0.717, 1.165) is 17.5 Å². The average molecular weight is 248 g/mol. The summed E-state index contributed by atoms with van der Waals surface area (Å²) in [5.41, 5.74) is 7.47. The van der Waals surface area contributed by atoms with Gasteiger partial charge in [0.25, 0.3) is 0 Å². The molecule has 0 radical (unpaired) electrons. The van der Waals surface area contributed by atoms with Crippen molar-refractivity contribution in [3.05, 3.63) is 41.5 Å². The van der Waals surface area contributed by atoms with Crippen molar-refractivity contribution >= 4 is 29.2 Å². The van der Waals surface area contributed by atoms with Crippen LogP contribution in [0.1, 0.15) is 24.5 Å². The van der Waals surface area contributed by atoms with Gasteiger partial charge in [0, 0.05) is 19.0 Å². The molecule has 17 heavy (non-hydrogen) atoms. The zero-order chi connectivity index (χ0) is 12.7. The molecule has 0 aliphatic carbocycles. The molecule has 0 atom stereocenters. The van der Waals surface area contributed by atoms with Crippen LogP contribution >= 0.6 is 12.2 Å². The van der Waals surface area contributed by atoms with Crippen LogP contribution in [0.3, 0.4) is 0 Å². The van der Waals surface area contributed by atoms with Gasteiger partial charge in [-0.2, -0.15) is 0 Å². The minimum absolute atomic E-state index is 0.00567. The molecule has 0 heterocycles. The molecule has 0 saturated heterocycles. The Bertz CT molecular complexity index is 441. The summed E-state index contributed by atoms with van der Waals surface area (Å²) in [6.07, 6.45) is 4.80. The molecule has 0 unspecified atom stereocenters. The van der Waals surface area contributed by atoms with Gasteiger partial charge in [-0.3, -0.25) is 4.79 Å². The second kappa shape index (κ2) is 6.81. The maximum absolute atomic E-state index is 10.6. The Balaban J connectivity index is 2.50. The van der Waals surface area contributed by atoms with E-state index in [-0.39, 0.29) is 5.91 Å². The molecule has 0 aliphatic heterocycles. The number of nitrogens with one attached hydrogen (secondary N) is 1. The number of hydrogen-bond donors (Lipinski definition) is 2. The van der Waals surface area contributed by atoms with Crippen molar-refractivity contribution in [3.8, 4) is 0 Å². The Morgan fingerprint density at radius 2 is 2.29 bits per heavy atom. The van der Waals surface area contributed by atoms with Gasteiger partial charge in [0.05, 0.1) is 0 Å². The van der Waals surface area contributed by atoms with Crippen LogP contribution in [0.15, 0.2) is 30.3 Å². The van der Waals surface area contributed by atoms with Gasteiger partial charge in [-0.25, -0.2) is 0 Å². The van der Waals surface area contributed by atoms with E-state index in [1.807, 2.05) is 36.4 Å². The minimum atomic E-state index is -0.00567. The Morgan fingerprint density at radius 1 is 1.53 bits per heavy atom. The summed E-state index contributed by atoms with van der Waals surface area (Å²) in [6, 6.07) is 7.73. The first kappa shape index (κ1) is 13.4. The van der Waals surface area contributed by atoms with Crippen LogP contribution in [-0.2, 0) is 4.79 Å². The molecule has 0 saturated carbocycles. The van der Waals surface area contributed by atoms with Gasteiger partial charge in [0.2, 0.25) is 5.91 Å². The Hall–Kier alpha value is -1.68. The lowest BCUT2D eigenvalue weighted by Crippen LogP contribution is -2.20. The molecule has 90 valence electrons. The highest BCUT2D eigenvalue weighted by Crippen LogP contribution is 2.07. The fraction of sp³-hybridized carbons (Fsp3) is 0.231. The Kier molecular flexibility index (Phi) is 5.36. The summed E-state index contributed by atoms with van der Waals surface area (Å²) in [5, 5.41) is 2.73. The number of benzene rings is 1. The van der Waals surface area contributed by atoms with Crippen molar-refractivity contribution in [1.29, 1.82) is 0 Å². The number of thiocarbonyl (C=S) groups is 1. The lowest BCUT2D eigenvalue weighted by atomic mass is 10.1. The lowest BCUT2D eigenvalue weighted by Gasteiger charge is -2.00. The van der Waals surface area contributed by atoms with Crippen LogP contribution < -0.4 is 11.1 Å². The first-order chi connectivity index (χ1) is 8.09. The third-order valence-corrected chi connectivity index (χ3v) is 2.40. The van der Waals surface area contributed by atoms with E-state index in [1.54, 1.807) is 0 Å². The first-order valence-corrected chi connectivity index (χ1v) is 5.81. The Morgan fingerprint density at radius 3 is 2.94 bits per heavy atom. The molecule has 0 spiro atoms. The predicted octanol–water partition coefficient (Wildman–Crippen LogP) is 1.86. The van der Waals surface area contributed by atoms with Gasteiger partial charge < -0.3 is 11.1 Å². The molecule has 3 N–H and O–H groups in total. The fourth-order valence-corrected chi connectivity index (χ4v) is 1.47. The van der Waals surface area contributed by atoms with Crippen LogP contribution in [0.25, 0.3) is 6.08 Å². The molecule has 1 aromatic carbocycles. The van der Waals surface area contributed by atoms with Crippen molar-refractivity contribution in [2.75, 3.05) is 6.54 Å². The van der Waals surface area contributed by atoms with Crippen LogP contribution in [-0.4, -0.2) is 17.4 Å². The molecule has 0 bridgehead atoms. The SMILES string of the molecule is CC(=O)NCCC=Cc1cccc(C(N)=S)c1. The third-order valence-electron chi connectivity index (χ3n) is 2.17. The average Bonchev–Trinajstić information content (AvgIpc) is 2.28. The molecule has 1 amide bonds. The molecule has 0 aliphatic rings. The van der Waals surface area contributed by atoms with Crippen molar-refractivity contribution in [2.45, 2.75) is 13.3 Å². The molecule has 1 aromatic rings. The van der Waals surface area contributed by atoms with E-state index in [1.165, 1.54) is 6.92 Å². The normalized spacial score (nSPS) is 10.4. The monoisotopic (exact) mass is 248 g/mol. The molecule has 0 fully saturated rings. The number of hydrogen-bond acceptors (Lipinski definition) is 2. The second-order valence-electron chi connectivity index (χ2n) is 3.66. The van der Waals surface area contributed by atoms with Crippen molar-refractivity contribution in [2.24, 2.45) is 5.73 Å². The van der Waals surface area contributed by atoms with E-state index in [0.29, 0.717) is 11.5 Å². The van der Waals surface area contributed by atoms with E-state index >= 15 is 0 Å². The van der Waals surface area contributed by atoms with Crippen molar-refractivity contribution in [3.63, 3.8) is 0 Å². The quantitative estimate of drug-likeness (QED) is 0.618. The summed E-state index contributed by atoms with van der Waals surface area (Å²) < 4.78 is 0. The van der Waals surface area contributed by atoms with Crippen LogP contribution in [0.4, 0.5) is 0 Å². The second-order valence-corrected chi connectivity index (χ2v) is 4.10. The number of carbonyl (C=O) groups is 1. The maximum atomic E-state index is 10.6. The highest BCUT2D eigenvalue weighted by molar-refractivity contribution is 7.80. The Labute approximate surface area is 107 Å². The molecule has 4 heteroatoms. The zero-order valence-electron chi connectivity index (χ0n) is 9.77. The van der Waals surface area contributed by atoms with Crippen LogP contribution in [0, 0.1) is 0 Å². The van der Waals surface area contributed by atoms with Gasteiger partial charge in [0.15, 0.2) is 0 Å². The van der Waals surface area contributed by atoms with Crippen LogP contribution in [0.2, 0.25) is 0 Å². The summed E-state index contributed by atoms with van der Waals surface area (Å²) in [4.78, 5) is 11.0. The van der Waals surface area contributed by atoms with Gasteiger partial charge in [0.1, 0.15) is 4.99 Å². The number of rotatable bonds is 5. The van der Waals surface area contributed by atoms with E-state index in [2.05, 4.69) is 5.32 Å². The molecular weight excluding hydrogens is 232 g/mol. The van der Waals surface area contributed by atoms with Crippen LogP contribution in [0.5, 0.6) is 0 Å². The minimum Gasteiger partial charge on any atom is -0.389 e. The summed E-state index contributed by atoms with van der Waals surface area (Å²) in [5.74, 6) is -0.00567. The van der Waals surface area contributed by atoms with Crippen molar-refractivity contribution < 1.29 is 4.79 Å². The molecular formula is C13H16N2OS. The first-order valence-electron chi connectivity index (χ1n) is 5.40. The third kappa shape index (κ3) is 5.26. The fourth-order valence-electron chi connectivity index (χ4n) is 1.35. The number of carbonyl (C=O) groups excluding carboxylic acids is 1. The van der Waals surface area contributed by atoms with Gasteiger partial charge >= 0.3 is 0 Å². The summed E-state index contributed by atoms with van der Waals surface area (Å²) in [7, 11) is 0. The highest BCUT2D eigenvalue weighted by atomic mass is 32.1. The topological polar surface area (TPSA) is 55.1 Å². The van der Waals surface area contributed by atoms with Crippen molar-refractivity contribution in [1.82, 2.24) is 5.32 Å². The van der Waals surface area contributed by atoms with Gasteiger partial charge in [-0.05, 0) is 18.1 Å². The zero-order valence-corrected chi connectivity index (χ0v) is 10.6. The van der Waals surface area contributed by atoms with E-state index < -0.39 is 0 Å².